The molecule has 10 heavy (non-hydrogen) atoms. The van der Waals surface area contributed by atoms with Gasteiger partial charge < -0.3 is 0 Å². The van der Waals surface area contributed by atoms with Crippen LogP contribution in [0.5, 0.6) is 0 Å². The minimum Gasteiger partial charge on any atom is -0.271 e. The number of rotatable bonds is 2. The van der Waals surface area contributed by atoms with Crippen LogP contribution >= 0.6 is 24.0 Å². The van der Waals surface area contributed by atoms with Crippen LogP contribution in [-0.2, 0) is 6.54 Å². The molecule has 0 saturated carbocycles. The molecule has 0 amide bonds. The minimum absolute atomic E-state index is 0. The van der Waals surface area contributed by atoms with Gasteiger partial charge >= 0.3 is 0 Å². The fraction of sp³-hybridized carbons (Fsp3) is 0.500. The third kappa shape index (κ3) is 2.58. The molecule has 1 aromatic rings. The lowest BCUT2D eigenvalue weighted by Gasteiger charge is -1.92. The van der Waals surface area contributed by atoms with E-state index in [0.717, 1.165) is 6.54 Å². The van der Waals surface area contributed by atoms with E-state index in [9.17, 15) is 0 Å². The average molecular weight is 181 g/mol. The molecular weight excluding hydrogens is 171 g/mol. The normalized spacial score (nSPS) is 9.00. The topological polar surface area (TPSA) is 17.8 Å². The standard InChI is InChI=1S/C6H9ClN2.ClH/c1-6-4-8-9(5-6)3-2-7;/h4-5H,2-3H2,1H3;1H. The second kappa shape index (κ2) is 4.58. The number of hydrogen-bond acceptors (Lipinski definition) is 1. The maximum Gasteiger partial charge on any atom is 0.0544 e. The molecule has 0 bridgehead atoms. The Morgan fingerprint density at radius 3 is 2.80 bits per heavy atom. The zero-order valence-electron chi connectivity index (χ0n) is 5.75. The van der Waals surface area contributed by atoms with Crippen LogP contribution in [0.3, 0.4) is 0 Å². The number of hydrogen-bond donors (Lipinski definition) is 0. The van der Waals surface area contributed by atoms with Crippen molar-refractivity contribution in [3.8, 4) is 0 Å². The van der Waals surface area contributed by atoms with Crippen molar-refractivity contribution in [3.63, 3.8) is 0 Å². The van der Waals surface area contributed by atoms with Gasteiger partial charge in [0.2, 0.25) is 0 Å². The van der Waals surface area contributed by atoms with Crippen LogP contribution in [-0.4, -0.2) is 15.7 Å². The molecule has 58 valence electrons. The smallest absolute Gasteiger partial charge is 0.0544 e. The molecule has 1 rings (SSSR count). The molecule has 0 radical (unpaired) electrons. The lowest BCUT2D eigenvalue weighted by atomic mass is 10.4. The van der Waals surface area contributed by atoms with Gasteiger partial charge in [0.25, 0.3) is 0 Å². The molecule has 1 aromatic heterocycles. The first-order chi connectivity index (χ1) is 4.33. The van der Waals surface area contributed by atoms with Crippen molar-refractivity contribution in [1.29, 1.82) is 0 Å². The fourth-order valence-corrected chi connectivity index (χ4v) is 0.849. The van der Waals surface area contributed by atoms with Crippen molar-refractivity contribution < 1.29 is 0 Å². The maximum atomic E-state index is 5.48. The Morgan fingerprint density at radius 2 is 2.40 bits per heavy atom. The highest BCUT2D eigenvalue weighted by Gasteiger charge is 1.89. The van der Waals surface area contributed by atoms with Crippen molar-refractivity contribution in [2.75, 3.05) is 5.88 Å². The number of halogens is 2. The van der Waals surface area contributed by atoms with Gasteiger partial charge in [0.1, 0.15) is 0 Å². The molecule has 4 heteroatoms. The largest absolute Gasteiger partial charge is 0.271 e. The van der Waals surface area contributed by atoms with Crippen molar-refractivity contribution in [1.82, 2.24) is 9.78 Å². The lowest BCUT2D eigenvalue weighted by Crippen LogP contribution is -1.98. The van der Waals surface area contributed by atoms with E-state index in [4.69, 9.17) is 11.6 Å². The Bertz CT molecular complexity index is 186. The molecule has 0 aliphatic heterocycles. The quantitative estimate of drug-likeness (QED) is 0.636. The average Bonchev–Trinajstić information content (AvgIpc) is 2.17. The van der Waals surface area contributed by atoms with E-state index < -0.39 is 0 Å². The molecule has 0 aromatic carbocycles. The molecule has 0 aliphatic carbocycles. The molecule has 0 unspecified atom stereocenters. The Balaban J connectivity index is 0.000000810. The Labute approximate surface area is 71.6 Å². The third-order valence-electron chi connectivity index (χ3n) is 1.08. The van der Waals surface area contributed by atoms with Crippen LogP contribution in [0.25, 0.3) is 0 Å². The SMILES string of the molecule is Cc1cnn(CCCl)c1.Cl. The first kappa shape index (κ1) is 9.79. The predicted molar refractivity (Wildman–Crippen MR) is 44.9 cm³/mol. The number of aromatic nitrogens is 2. The molecule has 0 spiro atoms. The Hall–Kier alpha value is -0.210. The highest BCUT2D eigenvalue weighted by Crippen LogP contribution is 1.93. The summed E-state index contributed by atoms with van der Waals surface area (Å²) in [5.74, 6) is 0.626. The van der Waals surface area contributed by atoms with E-state index in [1.165, 1.54) is 5.56 Å². The number of nitrogens with zero attached hydrogens (tertiary/aromatic N) is 2. The Kier molecular flexibility index (Phi) is 4.49. The zero-order valence-corrected chi connectivity index (χ0v) is 7.32. The van der Waals surface area contributed by atoms with E-state index in [1.807, 2.05) is 24.0 Å². The molecule has 1 heterocycles. The van der Waals surface area contributed by atoms with Crippen LogP contribution in [0.4, 0.5) is 0 Å². The Morgan fingerprint density at radius 1 is 1.70 bits per heavy atom. The van der Waals surface area contributed by atoms with Crippen LogP contribution < -0.4 is 0 Å². The predicted octanol–water partition coefficient (Wildman–Crippen LogP) is 1.85. The molecule has 0 N–H and O–H groups in total. The molecule has 0 atom stereocenters. The van der Waals surface area contributed by atoms with Crippen molar-refractivity contribution >= 4 is 24.0 Å². The first-order valence-electron chi connectivity index (χ1n) is 2.88. The summed E-state index contributed by atoms with van der Waals surface area (Å²) in [6.45, 7) is 2.81. The summed E-state index contributed by atoms with van der Waals surface area (Å²) in [5.41, 5.74) is 1.18. The number of aryl methyl sites for hydroxylation is 2. The van der Waals surface area contributed by atoms with Gasteiger partial charge in [-0.1, -0.05) is 0 Å². The summed E-state index contributed by atoms with van der Waals surface area (Å²) in [4.78, 5) is 0. The van der Waals surface area contributed by atoms with Crippen LogP contribution in [0.2, 0.25) is 0 Å². The van der Waals surface area contributed by atoms with E-state index >= 15 is 0 Å². The summed E-state index contributed by atoms with van der Waals surface area (Å²) in [7, 11) is 0. The van der Waals surface area contributed by atoms with Gasteiger partial charge in [-0.3, -0.25) is 4.68 Å². The fourth-order valence-electron chi connectivity index (χ4n) is 0.676. The van der Waals surface area contributed by atoms with Gasteiger partial charge in [-0.25, -0.2) is 0 Å². The summed E-state index contributed by atoms with van der Waals surface area (Å²) in [6, 6.07) is 0. The highest BCUT2D eigenvalue weighted by atomic mass is 35.5. The van der Waals surface area contributed by atoms with Gasteiger partial charge in [-0.15, -0.1) is 24.0 Å². The second-order valence-electron chi connectivity index (χ2n) is 1.97. The summed E-state index contributed by atoms with van der Waals surface area (Å²) in [6.07, 6.45) is 3.80. The number of alkyl halides is 1. The van der Waals surface area contributed by atoms with Crippen LogP contribution in [0, 0.1) is 6.92 Å². The minimum atomic E-state index is 0. The maximum absolute atomic E-state index is 5.48. The van der Waals surface area contributed by atoms with E-state index in [1.54, 1.807) is 0 Å². The van der Waals surface area contributed by atoms with Crippen LogP contribution in [0.1, 0.15) is 5.56 Å². The molecule has 0 saturated heterocycles. The summed E-state index contributed by atoms with van der Waals surface area (Å²) < 4.78 is 1.84. The van der Waals surface area contributed by atoms with Gasteiger partial charge in [0, 0.05) is 12.1 Å². The van der Waals surface area contributed by atoms with Crippen molar-refractivity contribution in [3.05, 3.63) is 18.0 Å². The van der Waals surface area contributed by atoms with Crippen LogP contribution in [0.15, 0.2) is 12.4 Å². The summed E-state index contributed by atoms with van der Waals surface area (Å²) >= 11 is 5.48. The molecule has 0 aliphatic rings. The van der Waals surface area contributed by atoms with Crippen molar-refractivity contribution in [2.24, 2.45) is 0 Å². The van der Waals surface area contributed by atoms with Gasteiger partial charge in [-0.2, -0.15) is 5.10 Å². The molecule has 0 fully saturated rings. The monoisotopic (exact) mass is 180 g/mol. The molecular formula is C6H10Cl2N2. The van der Waals surface area contributed by atoms with E-state index in [0.29, 0.717) is 5.88 Å². The highest BCUT2D eigenvalue weighted by molar-refractivity contribution is 6.17. The van der Waals surface area contributed by atoms with E-state index in [2.05, 4.69) is 5.10 Å². The zero-order chi connectivity index (χ0) is 6.69. The third-order valence-corrected chi connectivity index (χ3v) is 1.24. The molecule has 2 nitrogen and oxygen atoms in total. The van der Waals surface area contributed by atoms with Crippen molar-refractivity contribution in [2.45, 2.75) is 13.5 Å². The lowest BCUT2D eigenvalue weighted by molar-refractivity contribution is 0.664. The second-order valence-corrected chi connectivity index (χ2v) is 2.35. The first-order valence-corrected chi connectivity index (χ1v) is 3.41. The van der Waals surface area contributed by atoms with Gasteiger partial charge in [0.05, 0.1) is 12.7 Å². The van der Waals surface area contributed by atoms with E-state index in [-0.39, 0.29) is 12.4 Å². The summed E-state index contributed by atoms with van der Waals surface area (Å²) in [5, 5.41) is 4.04. The van der Waals surface area contributed by atoms with Gasteiger partial charge in [0.15, 0.2) is 0 Å². The van der Waals surface area contributed by atoms with Gasteiger partial charge in [-0.05, 0) is 12.5 Å².